The molecule has 0 unspecified atom stereocenters. The van der Waals surface area contributed by atoms with Gasteiger partial charge in [-0.1, -0.05) is 57.3 Å². The third-order valence-electron chi connectivity index (χ3n) is 4.08. The maximum absolute atomic E-state index is 6.01. The SMILES string of the molecule is CCC[Si](C)(C)C[Si](C)(C)CC[Si](OCC)(OCC)OCC. The Morgan fingerprint density at radius 2 is 1.00 bits per heavy atom. The van der Waals surface area contributed by atoms with Gasteiger partial charge in [0, 0.05) is 42.0 Å². The van der Waals surface area contributed by atoms with Gasteiger partial charge >= 0.3 is 8.80 Å². The van der Waals surface area contributed by atoms with Crippen LogP contribution < -0.4 is 0 Å². The Morgan fingerprint density at radius 3 is 1.36 bits per heavy atom. The van der Waals surface area contributed by atoms with Crippen LogP contribution in [-0.2, 0) is 13.3 Å². The lowest BCUT2D eigenvalue weighted by molar-refractivity contribution is 0.0725. The van der Waals surface area contributed by atoms with Gasteiger partial charge in [-0.15, -0.1) is 0 Å². The zero-order chi connectivity index (χ0) is 17.3. The van der Waals surface area contributed by atoms with Crippen molar-refractivity contribution in [1.29, 1.82) is 0 Å². The number of hydrogen-bond donors (Lipinski definition) is 0. The monoisotopic (exact) mass is 364 g/mol. The van der Waals surface area contributed by atoms with Crippen molar-refractivity contribution >= 4 is 25.0 Å². The highest BCUT2D eigenvalue weighted by atomic mass is 28.4. The van der Waals surface area contributed by atoms with Gasteiger partial charge in [-0.05, 0) is 20.8 Å². The van der Waals surface area contributed by atoms with Crippen molar-refractivity contribution in [3.8, 4) is 0 Å². The molecule has 3 nitrogen and oxygen atoms in total. The molecule has 0 saturated carbocycles. The van der Waals surface area contributed by atoms with E-state index < -0.39 is 25.0 Å². The highest BCUT2D eigenvalue weighted by molar-refractivity contribution is 6.95. The zero-order valence-corrected chi connectivity index (χ0v) is 19.4. The second-order valence-corrected chi connectivity index (χ2v) is 21.5. The van der Waals surface area contributed by atoms with Gasteiger partial charge in [-0.25, -0.2) is 0 Å². The Kier molecular flexibility index (Phi) is 10.7. The molecule has 0 aromatic rings. The molecule has 0 atom stereocenters. The van der Waals surface area contributed by atoms with E-state index in [0.29, 0.717) is 19.8 Å². The summed E-state index contributed by atoms with van der Waals surface area (Å²) in [7, 11) is -4.70. The van der Waals surface area contributed by atoms with E-state index in [4.69, 9.17) is 13.3 Å². The number of rotatable bonds is 13. The number of hydrogen-bond acceptors (Lipinski definition) is 3. The Bertz CT molecular complexity index is 279. The van der Waals surface area contributed by atoms with Gasteiger partial charge in [-0.2, -0.15) is 0 Å². The molecule has 0 aliphatic heterocycles. The fourth-order valence-corrected chi connectivity index (χ4v) is 22.7. The van der Waals surface area contributed by atoms with Crippen molar-refractivity contribution in [1.82, 2.24) is 0 Å². The Balaban J connectivity index is 4.79. The van der Waals surface area contributed by atoms with E-state index in [1.54, 1.807) is 0 Å². The van der Waals surface area contributed by atoms with Crippen LogP contribution in [0.15, 0.2) is 0 Å². The van der Waals surface area contributed by atoms with Crippen molar-refractivity contribution in [3.05, 3.63) is 0 Å². The van der Waals surface area contributed by atoms with Gasteiger partial charge in [0.25, 0.3) is 0 Å². The minimum Gasteiger partial charge on any atom is -0.374 e. The van der Waals surface area contributed by atoms with Crippen LogP contribution in [0.3, 0.4) is 0 Å². The Labute approximate surface area is 142 Å². The van der Waals surface area contributed by atoms with E-state index in [9.17, 15) is 0 Å². The summed E-state index contributed by atoms with van der Waals surface area (Å²) in [6, 6.07) is 3.71. The summed E-state index contributed by atoms with van der Waals surface area (Å²) in [6.07, 6.45) is 1.33. The first-order valence-corrected chi connectivity index (χ1v) is 17.8. The first-order valence-electron chi connectivity index (χ1n) is 9.07. The molecule has 0 N–H and O–H groups in total. The van der Waals surface area contributed by atoms with Crippen molar-refractivity contribution in [2.45, 2.75) is 84.1 Å². The van der Waals surface area contributed by atoms with E-state index in [0.717, 1.165) is 6.04 Å². The van der Waals surface area contributed by atoms with Crippen molar-refractivity contribution in [2.24, 2.45) is 0 Å². The predicted molar refractivity (Wildman–Crippen MR) is 105 cm³/mol. The van der Waals surface area contributed by atoms with Crippen LogP contribution in [-0.4, -0.2) is 44.8 Å². The van der Waals surface area contributed by atoms with Crippen LogP contribution in [0.1, 0.15) is 34.1 Å². The summed E-state index contributed by atoms with van der Waals surface area (Å²) in [5, 5.41) is 0. The van der Waals surface area contributed by atoms with E-state index in [1.807, 2.05) is 20.8 Å². The summed E-state index contributed by atoms with van der Waals surface area (Å²) in [5.74, 6) is 0. The maximum Gasteiger partial charge on any atom is 0.500 e. The Hall–Kier alpha value is 0.531. The molecule has 0 rings (SSSR count). The van der Waals surface area contributed by atoms with Crippen molar-refractivity contribution in [3.63, 3.8) is 0 Å². The molecule has 0 aromatic carbocycles. The summed E-state index contributed by atoms with van der Waals surface area (Å²) in [4.78, 5) is 0. The first-order chi connectivity index (χ1) is 10.2. The highest BCUT2D eigenvalue weighted by Gasteiger charge is 2.42. The summed E-state index contributed by atoms with van der Waals surface area (Å²) in [6.45, 7) is 20.7. The molecule has 0 fully saturated rings. The lowest BCUT2D eigenvalue weighted by Crippen LogP contribution is -2.48. The van der Waals surface area contributed by atoms with Crippen LogP contribution in [0.4, 0.5) is 0 Å². The predicted octanol–water partition coefficient (Wildman–Crippen LogP) is 5.40. The van der Waals surface area contributed by atoms with Gasteiger partial charge < -0.3 is 13.3 Å². The molecule has 0 aliphatic carbocycles. The largest absolute Gasteiger partial charge is 0.500 e. The van der Waals surface area contributed by atoms with Gasteiger partial charge in [0.15, 0.2) is 0 Å². The fourth-order valence-electron chi connectivity index (χ4n) is 3.64. The topological polar surface area (TPSA) is 27.7 Å². The molecule has 0 aliphatic rings. The van der Waals surface area contributed by atoms with Crippen molar-refractivity contribution in [2.75, 3.05) is 19.8 Å². The highest BCUT2D eigenvalue weighted by Crippen LogP contribution is 2.31. The average molecular weight is 365 g/mol. The molecule has 0 amide bonds. The lowest BCUT2D eigenvalue weighted by Gasteiger charge is -2.35. The van der Waals surface area contributed by atoms with Crippen LogP contribution in [0, 0.1) is 0 Å². The smallest absolute Gasteiger partial charge is 0.374 e. The van der Waals surface area contributed by atoms with Gasteiger partial charge in [0.2, 0.25) is 0 Å². The maximum atomic E-state index is 6.01. The molecule has 0 saturated heterocycles. The molecule has 0 radical (unpaired) electrons. The van der Waals surface area contributed by atoms with E-state index >= 15 is 0 Å². The third-order valence-corrected chi connectivity index (χ3v) is 18.7. The van der Waals surface area contributed by atoms with Crippen molar-refractivity contribution < 1.29 is 13.3 Å². The quantitative estimate of drug-likeness (QED) is 0.409. The minimum absolute atomic E-state index is 0.685. The molecule has 0 heterocycles. The Morgan fingerprint density at radius 1 is 0.591 bits per heavy atom. The van der Waals surface area contributed by atoms with E-state index in [1.165, 1.54) is 24.2 Å². The average Bonchev–Trinajstić information content (AvgIpc) is 2.36. The molecule has 0 spiro atoms. The molecular formula is C16H40O3Si3. The molecule has 0 aromatic heterocycles. The molecular weight excluding hydrogens is 324 g/mol. The molecule has 0 bridgehead atoms. The van der Waals surface area contributed by atoms with E-state index in [-0.39, 0.29) is 0 Å². The summed E-state index contributed by atoms with van der Waals surface area (Å²) >= 11 is 0. The minimum atomic E-state index is -2.45. The van der Waals surface area contributed by atoms with Crippen LogP contribution in [0.5, 0.6) is 0 Å². The van der Waals surface area contributed by atoms with Crippen LogP contribution in [0.25, 0.3) is 0 Å². The molecule has 134 valence electrons. The van der Waals surface area contributed by atoms with Gasteiger partial charge in [0.1, 0.15) is 0 Å². The normalized spacial score (nSPS) is 13.6. The fraction of sp³-hybridized carbons (Fsp3) is 1.00. The second-order valence-electron chi connectivity index (χ2n) is 7.74. The van der Waals surface area contributed by atoms with Crippen LogP contribution in [0.2, 0.25) is 50.0 Å². The molecule has 22 heavy (non-hydrogen) atoms. The second kappa shape index (κ2) is 10.4. The lowest BCUT2D eigenvalue weighted by atomic mass is 10.6. The summed E-state index contributed by atoms with van der Waals surface area (Å²) in [5.41, 5.74) is 1.50. The van der Waals surface area contributed by atoms with Crippen LogP contribution >= 0.6 is 0 Å². The van der Waals surface area contributed by atoms with E-state index in [2.05, 4.69) is 33.1 Å². The zero-order valence-electron chi connectivity index (χ0n) is 16.4. The first kappa shape index (κ1) is 22.5. The van der Waals surface area contributed by atoms with Gasteiger partial charge in [-0.3, -0.25) is 0 Å². The summed E-state index contributed by atoms with van der Waals surface area (Å²) < 4.78 is 18.0. The van der Waals surface area contributed by atoms with Gasteiger partial charge in [0.05, 0.1) is 0 Å². The standard InChI is InChI=1S/C16H40O3Si3/c1-9-13-20(5,6)16-21(7,8)14-15-22(17-10-2,18-11-3)19-12-4/h9-16H2,1-8H3. The third kappa shape index (κ3) is 8.98. The molecule has 6 heteroatoms.